The van der Waals surface area contributed by atoms with E-state index in [2.05, 4.69) is 4.98 Å². The van der Waals surface area contributed by atoms with Crippen LogP contribution in [0.15, 0.2) is 76.6 Å². The highest BCUT2D eigenvalue weighted by Crippen LogP contribution is 2.16. The maximum Gasteiger partial charge on any atom is 0.337 e. The summed E-state index contributed by atoms with van der Waals surface area (Å²) in [5.74, 6) is 0. The van der Waals surface area contributed by atoms with Gasteiger partial charge in [0.15, 0.2) is 11.2 Å². The number of para-hydroxylation sites is 2. The summed E-state index contributed by atoms with van der Waals surface area (Å²) >= 11 is 0. The summed E-state index contributed by atoms with van der Waals surface area (Å²) in [5.41, 5.74) is 1.41. The van der Waals surface area contributed by atoms with Crippen molar-refractivity contribution in [2.24, 2.45) is 7.05 Å². The zero-order valence-corrected chi connectivity index (χ0v) is 13.0. The first-order valence-electron chi connectivity index (χ1n) is 7.48. The summed E-state index contributed by atoms with van der Waals surface area (Å²) in [6.45, 7) is 0. The second-order valence-corrected chi connectivity index (χ2v) is 5.44. The van der Waals surface area contributed by atoms with E-state index in [4.69, 9.17) is 0 Å². The fourth-order valence-electron chi connectivity index (χ4n) is 2.78. The minimum atomic E-state index is -0.419. The molecule has 0 aliphatic carbocycles. The second-order valence-electron chi connectivity index (χ2n) is 5.44. The molecule has 0 unspecified atom stereocenters. The van der Waals surface area contributed by atoms with Crippen LogP contribution < -0.4 is 11.2 Å². The van der Waals surface area contributed by atoms with Gasteiger partial charge in [-0.15, -0.1) is 0 Å². The van der Waals surface area contributed by atoms with Gasteiger partial charge in [0, 0.05) is 12.7 Å². The lowest BCUT2D eigenvalue weighted by atomic mass is 10.3. The third-order valence-electron chi connectivity index (χ3n) is 3.99. The van der Waals surface area contributed by atoms with Crippen LogP contribution in [-0.2, 0) is 7.05 Å². The molecule has 6 heteroatoms. The smallest absolute Gasteiger partial charge is 0.293 e. The highest BCUT2D eigenvalue weighted by Gasteiger charge is 2.17. The molecule has 24 heavy (non-hydrogen) atoms. The van der Waals surface area contributed by atoms with Gasteiger partial charge in [0.1, 0.15) is 6.33 Å². The SMILES string of the molecule is Cn1c(=O)c2c(ncn2-c2ccccc2)n(-c2ccccc2)c1=O. The van der Waals surface area contributed by atoms with Crippen LogP contribution in [0.3, 0.4) is 0 Å². The fraction of sp³-hybridized carbons (Fsp3) is 0.0556. The van der Waals surface area contributed by atoms with Gasteiger partial charge in [0.25, 0.3) is 5.56 Å². The van der Waals surface area contributed by atoms with Crippen LogP contribution in [0.25, 0.3) is 22.5 Å². The number of hydrogen-bond donors (Lipinski definition) is 0. The van der Waals surface area contributed by atoms with Crippen LogP contribution in [0.2, 0.25) is 0 Å². The third-order valence-corrected chi connectivity index (χ3v) is 3.99. The van der Waals surface area contributed by atoms with Crippen molar-refractivity contribution in [2.75, 3.05) is 0 Å². The normalized spacial score (nSPS) is 11.0. The van der Waals surface area contributed by atoms with E-state index in [0.29, 0.717) is 16.9 Å². The van der Waals surface area contributed by atoms with Gasteiger partial charge in [0.2, 0.25) is 0 Å². The highest BCUT2D eigenvalue weighted by molar-refractivity contribution is 5.74. The number of hydrogen-bond acceptors (Lipinski definition) is 3. The van der Waals surface area contributed by atoms with Gasteiger partial charge in [-0.1, -0.05) is 36.4 Å². The van der Waals surface area contributed by atoms with E-state index in [-0.39, 0.29) is 5.56 Å². The summed E-state index contributed by atoms with van der Waals surface area (Å²) in [6, 6.07) is 18.6. The fourth-order valence-corrected chi connectivity index (χ4v) is 2.78. The van der Waals surface area contributed by atoms with Crippen molar-refractivity contribution in [2.45, 2.75) is 0 Å². The van der Waals surface area contributed by atoms with Gasteiger partial charge < -0.3 is 0 Å². The zero-order valence-electron chi connectivity index (χ0n) is 13.0. The van der Waals surface area contributed by atoms with Crippen molar-refractivity contribution in [3.8, 4) is 11.4 Å². The molecular weight excluding hydrogens is 304 g/mol. The number of nitrogens with zero attached hydrogens (tertiary/aromatic N) is 4. The molecule has 0 radical (unpaired) electrons. The molecule has 0 saturated heterocycles. The van der Waals surface area contributed by atoms with Gasteiger partial charge in [-0.05, 0) is 24.3 Å². The largest absolute Gasteiger partial charge is 0.337 e. The zero-order chi connectivity index (χ0) is 16.7. The molecule has 0 saturated carbocycles. The molecule has 0 atom stereocenters. The van der Waals surface area contributed by atoms with Crippen LogP contribution in [0.4, 0.5) is 0 Å². The Bertz CT molecular complexity index is 1140. The number of rotatable bonds is 2. The van der Waals surface area contributed by atoms with Crippen LogP contribution in [-0.4, -0.2) is 18.7 Å². The lowest BCUT2D eigenvalue weighted by Crippen LogP contribution is -2.38. The van der Waals surface area contributed by atoms with E-state index in [1.165, 1.54) is 11.6 Å². The lowest BCUT2D eigenvalue weighted by Gasteiger charge is -2.10. The van der Waals surface area contributed by atoms with E-state index < -0.39 is 5.69 Å². The molecule has 118 valence electrons. The van der Waals surface area contributed by atoms with Crippen molar-refractivity contribution in [3.63, 3.8) is 0 Å². The van der Waals surface area contributed by atoms with Crippen molar-refractivity contribution in [1.29, 1.82) is 0 Å². The second kappa shape index (κ2) is 5.34. The van der Waals surface area contributed by atoms with Crippen molar-refractivity contribution in [1.82, 2.24) is 18.7 Å². The molecule has 6 nitrogen and oxygen atoms in total. The first-order valence-corrected chi connectivity index (χ1v) is 7.48. The molecule has 0 aliphatic heterocycles. The summed E-state index contributed by atoms with van der Waals surface area (Å²) in [6.07, 6.45) is 1.57. The Kier molecular flexibility index (Phi) is 3.16. The molecule has 2 aromatic heterocycles. The van der Waals surface area contributed by atoms with Gasteiger partial charge >= 0.3 is 5.69 Å². The number of imidazole rings is 1. The Labute approximate surface area is 136 Å². The highest BCUT2D eigenvalue weighted by atomic mass is 16.2. The van der Waals surface area contributed by atoms with E-state index in [0.717, 1.165) is 10.3 Å². The van der Waals surface area contributed by atoms with Gasteiger partial charge in [-0.2, -0.15) is 0 Å². The topological polar surface area (TPSA) is 61.8 Å². The van der Waals surface area contributed by atoms with Crippen molar-refractivity contribution in [3.05, 3.63) is 87.8 Å². The van der Waals surface area contributed by atoms with Gasteiger partial charge in [-0.25, -0.2) is 14.3 Å². The van der Waals surface area contributed by atoms with E-state index in [9.17, 15) is 9.59 Å². The maximum absolute atomic E-state index is 12.7. The quantitative estimate of drug-likeness (QED) is 0.567. The number of benzene rings is 2. The molecule has 0 bridgehead atoms. The van der Waals surface area contributed by atoms with Crippen LogP contribution in [0.5, 0.6) is 0 Å². The van der Waals surface area contributed by atoms with Crippen molar-refractivity contribution >= 4 is 11.2 Å². The molecule has 2 aromatic carbocycles. The first-order chi connectivity index (χ1) is 11.7. The third kappa shape index (κ3) is 2.00. The van der Waals surface area contributed by atoms with Gasteiger partial charge in [0.05, 0.1) is 5.69 Å². The predicted octanol–water partition coefficient (Wildman–Crippen LogP) is 1.88. The average Bonchev–Trinajstić information content (AvgIpc) is 3.06. The minimum Gasteiger partial charge on any atom is -0.293 e. The standard InChI is InChI=1S/C18H14N4O2/c1-20-17(23)15-16(19-12-21(15)13-8-4-2-5-9-13)22(18(20)24)14-10-6-3-7-11-14/h2-12H,1H3. The number of aromatic nitrogens is 4. The molecular formula is C18H14N4O2. The molecule has 4 rings (SSSR count). The Balaban J connectivity index is 2.15. The first kappa shape index (κ1) is 14.2. The monoisotopic (exact) mass is 318 g/mol. The lowest BCUT2D eigenvalue weighted by molar-refractivity contribution is 0.746. The van der Waals surface area contributed by atoms with Crippen LogP contribution in [0, 0.1) is 0 Å². The average molecular weight is 318 g/mol. The van der Waals surface area contributed by atoms with Crippen LogP contribution >= 0.6 is 0 Å². The number of fused-ring (bicyclic) bond motifs is 1. The van der Waals surface area contributed by atoms with Crippen LogP contribution in [0.1, 0.15) is 0 Å². The van der Waals surface area contributed by atoms with E-state index >= 15 is 0 Å². The molecule has 0 fully saturated rings. The van der Waals surface area contributed by atoms with Crippen molar-refractivity contribution < 1.29 is 0 Å². The Morgan fingerprint density at radius 2 is 1.42 bits per heavy atom. The molecule has 2 heterocycles. The Morgan fingerprint density at radius 1 is 0.833 bits per heavy atom. The Hall–Kier alpha value is -3.41. The van der Waals surface area contributed by atoms with E-state index in [1.807, 2.05) is 60.7 Å². The predicted molar refractivity (Wildman–Crippen MR) is 91.9 cm³/mol. The molecule has 0 amide bonds. The summed E-state index contributed by atoms with van der Waals surface area (Å²) in [5, 5.41) is 0. The summed E-state index contributed by atoms with van der Waals surface area (Å²) in [4.78, 5) is 29.6. The van der Waals surface area contributed by atoms with E-state index in [1.54, 1.807) is 10.9 Å². The Morgan fingerprint density at radius 3 is 2.04 bits per heavy atom. The molecule has 0 N–H and O–H groups in total. The minimum absolute atomic E-state index is 0.346. The maximum atomic E-state index is 12.7. The molecule has 0 spiro atoms. The summed E-state index contributed by atoms with van der Waals surface area (Å²) < 4.78 is 4.27. The molecule has 4 aromatic rings. The summed E-state index contributed by atoms with van der Waals surface area (Å²) in [7, 11) is 1.48. The molecule has 0 aliphatic rings. The van der Waals surface area contributed by atoms with Gasteiger partial charge in [-0.3, -0.25) is 13.9 Å².